The molecule has 1 aromatic carbocycles. The number of nitrogen functional groups attached to an aromatic ring is 1. The van der Waals surface area contributed by atoms with E-state index in [2.05, 4.69) is 25.7 Å². The predicted molar refractivity (Wildman–Crippen MR) is 67.5 cm³/mol. The zero-order valence-corrected chi connectivity index (χ0v) is 9.97. The van der Waals surface area contributed by atoms with Crippen molar-refractivity contribution in [2.75, 3.05) is 11.1 Å². The summed E-state index contributed by atoms with van der Waals surface area (Å²) >= 11 is 0. The van der Waals surface area contributed by atoms with Crippen molar-refractivity contribution in [3.63, 3.8) is 0 Å². The fraction of sp³-hybridized carbons (Fsp3) is 0.0909. The second-order valence-corrected chi connectivity index (χ2v) is 3.98. The van der Waals surface area contributed by atoms with Gasteiger partial charge in [0.05, 0.1) is 5.52 Å². The van der Waals surface area contributed by atoms with Crippen molar-refractivity contribution in [3.8, 4) is 0 Å². The van der Waals surface area contributed by atoms with Crippen molar-refractivity contribution in [3.05, 3.63) is 29.7 Å². The molecule has 0 aliphatic rings. The molecule has 8 heteroatoms. The molecule has 0 saturated carbocycles. The third-order valence-corrected chi connectivity index (χ3v) is 2.55. The number of hydrogen-bond donors (Lipinski definition) is 3. The average Bonchev–Trinajstić information content (AvgIpc) is 2.95. The van der Waals surface area contributed by atoms with Gasteiger partial charge in [0.1, 0.15) is 0 Å². The van der Waals surface area contributed by atoms with Gasteiger partial charge >= 0.3 is 6.01 Å². The Bertz CT molecular complexity index is 759. The summed E-state index contributed by atoms with van der Waals surface area (Å²) in [6, 6.07) is 5.18. The molecule has 0 atom stereocenters. The van der Waals surface area contributed by atoms with Crippen LogP contribution < -0.4 is 11.1 Å². The number of carbonyl (C=O) groups is 1. The van der Waals surface area contributed by atoms with Crippen LogP contribution >= 0.6 is 0 Å². The summed E-state index contributed by atoms with van der Waals surface area (Å²) in [5.41, 5.74) is 7.19. The summed E-state index contributed by atoms with van der Waals surface area (Å²) in [4.78, 5) is 15.9. The molecule has 1 amide bonds. The van der Waals surface area contributed by atoms with Crippen LogP contribution in [-0.4, -0.2) is 26.2 Å². The Morgan fingerprint density at radius 3 is 3.05 bits per heavy atom. The van der Waals surface area contributed by atoms with E-state index in [4.69, 9.17) is 10.3 Å². The highest BCUT2D eigenvalue weighted by molar-refractivity contribution is 6.10. The molecule has 3 aromatic rings. The summed E-state index contributed by atoms with van der Waals surface area (Å²) in [6.45, 7) is 1.66. The topological polar surface area (TPSA) is 123 Å². The van der Waals surface area contributed by atoms with Crippen LogP contribution in [-0.2, 0) is 0 Å². The maximum absolute atomic E-state index is 12.0. The summed E-state index contributed by atoms with van der Waals surface area (Å²) in [5.74, 6) is -0.00747. The molecule has 0 radical (unpaired) electrons. The van der Waals surface area contributed by atoms with Gasteiger partial charge < -0.3 is 10.3 Å². The molecule has 0 bridgehead atoms. The zero-order chi connectivity index (χ0) is 13.4. The van der Waals surface area contributed by atoms with E-state index in [1.807, 2.05) is 0 Å². The number of nitrogens with one attached hydrogen (secondary N) is 2. The van der Waals surface area contributed by atoms with Crippen molar-refractivity contribution in [1.82, 2.24) is 20.3 Å². The first-order valence-electron chi connectivity index (χ1n) is 5.49. The second-order valence-electron chi connectivity index (χ2n) is 3.98. The molecule has 0 aliphatic carbocycles. The third kappa shape index (κ3) is 1.99. The van der Waals surface area contributed by atoms with Gasteiger partial charge in [-0.1, -0.05) is 5.16 Å². The lowest BCUT2D eigenvalue weighted by Gasteiger charge is -1.97. The van der Waals surface area contributed by atoms with Crippen LogP contribution in [0.15, 0.2) is 22.7 Å². The molecule has 8 nitrogen and oxygen atoms in total. The lowest BCUT2D eigenvalue weighted by Crippen LogP contribution is -2.13. The monoisotopic (exact) mass is 258 g/mol. The number of aryl methyl sites for hydroxylation is 1. The number of anilines is 2. The predicted octanol–water partition coefficient (Wildman–Crippen LogP) is 1.09. The number of amides is 1. The second kappa shape index (κ2) is 4.09. The van der Waals surface area contributed by atoms with Crippen LogP contribution in [0.1, 0.15) is 16.3 Å². The number of fused-ring (bicyclic) bond motifs is 1. The molecule has 0 spiro atoms. The molecule has 4 N–H and O–H groups in total. The van der Waals surface area contributed by atoms with Gasteiger partial charge in [-0.3, -0.25) is 15.2 Å². The highest BCUT2D eigenvalue weighted by atomic mass is 16.5. The Labute approximate surface area is 107 Å². The fourth-order valence-electron chi connectivity index (χ4n) is 1.71. The maximum Gasteiger partial charge on any atom is 0.328 e. The number of carbonyl (C=O) groups excluding carboxylic acids is 1. The van der Waals surface area contributed by atoms with Crippen molar-refractivity contribution in [1.29, 1.82) is 0 Å². The minimum atomic E-state index is -0.444. The van der Waals surface area contributed by atoms with Gasteiger partial charge in [-0.05, 0) is 25.1 Å². The molecular weight excluding hydrogens is 248 g/mol. The zero-order valence-electron chi connectivity index (χ0n) is 9.97. The van der Waals surface area contributed by atoms with E-state index in [-0.39, 0.29) is 11.7 Å². The van der Waals surface area contributed by atoms with E-state index < -0.39 is 5.91 Å². The van der Waals surface area contributed by atoms with Crippen molar-refractivity contribution < 1.29 is 9.32 Å². The van der Waals surface area contributed by atoms with Gasteiger partial charge in [-0.25, -0.2) is 0 Å². The number of nitrogens with zero attached hydrogens (tertiary/aromatic N) is 3. The smallest absolute Gasteiger partial charge is 0.328 e. The van der Waals surface area contributed by atoms with Crippen molar-refractivity contribution >= 4 is 28.5 Å². The molecule has 19 heavy (non-hydrogen) atoms. The van der Waals surface area contributed by atoms with Gasteiger partial charge in [-0.15, -0.1) is 0 Å². The molecule has 2 heterocycles. The highest BCUT2D eigenvalue weighted by Crippen LogP contribution is 2.19. The molecule has 0 aliphatic heterocycles. The average molecular weight is 258 g/mol. The van der Waals surface area contributed by atoms with Gasteiger partial charge in [0.15, 0.2) is 11.5 Å². The molecule has 3 rings (SSSR count). The lowest BCUT2D eigenvalue weighted by molar-refractivity contribution is 0.102. The van der Waals surface area contributed by atoms with Gasteiger partial charge in [-0.2, -0.15) is 10.1 Å². The molecule has 0 unspecified atom stereocenters. The Hall–Kier alpha value is -2.90. The van der Waals surface area contributed by atoms with E-state index >= 15 is 0 Å². The summed E-state index contributed by atoms with van der Waals surface area (Å²) in [5, 5.41) is 13.4. The van der Waals surface area contributed by atoms with Crippen LogP contribution in [0.5, 0.6) is 0 Å². The minimum Gasteiger partial charge on any atom is -0.399 e. The number of H-pyrrole nitrogens is 1. The Morgan fingerprint density at radius 1 is 1.47 bits per heavy atom. The Morgan fingerprint density at radius 2 is 2.32 bits per heavy atom. The van der Waals surface area contributed by atoms with E-state index in [9.17, 15) is 4.79 Å². The van der Waals surface area contributed by atoms with E-state index in [0.29, 0.717) is 16.9 Å². The quantitative estimate of drug-likeness (QED) is 0.591. The van der Waals surface area contributed by atoms with Crippen LogP contribution in [0.3, 0.4) is 0 Å². The van der Waals surface area contributed by atoms with Crippen LogP contribution in [0.25, 0.3) is 10.9 Å². The summed E-state index contributed by atoms with van der Waals surface area (Å²) in [6.07, 6.45) is 0. The van der Waals surface area contributed by atoms with Crippen molar-refractivity contribution in [2.24, 2.45) is 0 Å². The molecule has 0 saturated heterocycles. The van der Waals surface area contributed by atoms with E-state index in [1.54, 1.807) is 25.1 Å². The highest BCUT2D eigenvalue weighted by Gasteiger charge is 2.16. The van der Waals surface area contributed by atoms with Crippen LogP contribution in [0.4, 0.5) is 11.7 Å². The number of nitrogens with two attached hydrogens (primary N) is 1. The third-order valence-electron chi connectivity index (χ3n) is 2.55. The number of hydrogen-bond acceptors (Lipinski definition) is 6. The minimum absolute atomic E-state index is 0.0301. The first kappa shape index (κ1) is 11.2. The lowest BCUT2D eigenvalue weighted by atomic mass is 10.2. The van der Waals surface area contributed by atoms with Gasteiger partial charge in [0.25, 0.3) is 5.91 Å². The fourth-order valence-corrected chi connectivity index (χ4v) is 1.71. The van der Waals surface area contributed by atoms with Crippen LogP contribution in [0, 0.1) is 6.92 Å². The Balaban J connectivity index is 1.95. The van der Waals surface area contributed by atoms with Gasteiger partial charge in [0, 0.05) is 11.1 Å². The molecule has 96 valence electrons. The first-order valence-corrected chi connectivity index (χ1v) is 5.49. The number of benzene rings is 1. The molecule has 2 aromatic heterocycles. The largest absolute Gasteiger partial charge is 0.399 e. The van der Waals surface area contributed by atoms with Crippen LogP contribution in [0.2, 0.25) is 0 Å². The van der Waals surface area contributed by atoms with Crippen molar-refractivity contribution in [2.45, 2.75) is 6.92 Å². The Kier molecular flexibility index (Phi) is 2.41. The number of aromatic nitrogens is 4. The molecular formula is C11H10N6O2. The number of aromatic amines is 1. The molecule has 0 fully saturated rings. The van der Waals surface area contributed by atoms with Gasteiger partial charge in [0.2, 0.25) is 0 Å². The SMILES string of the molecule is Cc1noc(NC(=O)c2n[nH]c3ccc(N)cc23)n1. The van der Waals surface area contributed by atoms with E-state index in [0.717, 1.165) is 5.52 Å². The number of rotatable bonds is 2. The van der Waals surface area contributed by atoms with E-state index in [1.165, 1.54) is 0 Å². The maximum atomic E-state index is 12.0. The first-order chi connectivity index (χ1) is 9.13. The normalized spacial score (nSPS) is 10.8. The standard InChI is InChI=1S/C11H10N6O2/c1-5-13-11(19-17-5)14-10(18)9-7-4-6(12)2-3-8(7)15-16-9/h2-4H,12H2,1H3,(H,15,16)(H,13,14,17,18). The summed E-state index contributed by atoms with van der Waals surface area (Å²) < 4.78 is 4.81. The summed E-state index contributed by atoms with van der Waals surface area (Å²) in [7, 11) is 0.